The highest BCUT2D eigenvalue weighted by Gasteiger charge is 2.26. The molecule has 1 atom stereocenters. The molecule has 0 aromatic heterocycles. The van der Waals surface area contributed by atoms with Crippen LogP contribution in [0.2, 0.25) is 0 Å². The maximum Gasteiger partial charge on any atom is 0.292 e. The van der Waals surface area contributed by atoms with E-state index >= 15 is 0 Å². The Kier molecular flexibility index (Phi) is 4.92. The van der Waals surface area contributed by atoms with Crippen LogP contribution in [0.4, 0.5) is 10.1 Å². The van der Waals surface area contributed by atoms with Gasteiger partial charge in [-0.25, -0.2) is 17.5 Å². The van der Waals surface area contributed by atoms with Crippen molar-refractivity contribution < 1.29 is 22.5 Å². The molecule has 0 bridgehead atoms. The first-order chi connectivity index (χ1) is 8.77. The number of halogens is 1. The highest BCUT2D eigenvalue weighted by molar-refractivity contribution is 7.89. The predicted molar refractivity (Wildman–Crippen MR) is 64.7 cm³/mol. The lowest BCUT2D eigenvalue weighted by atomic mass is 10.3. The van der Waals surface area contributed by atoms with Crippen molar-refractivity contribution in [2.24, 2.45) is 0 Å². The normalized spacial score (nSPS) is 13.2. The molecule has 1 aromatic rings. The first kappa shape index (κ1) is 15.5. The van der Waals surface area contributed by atoms with Gasteiger partial charge in [-0.15, -0.1) is 0 Å². The standard InChI is InChI=1S/C10H13FN2O5S/c1-7(18-2)6-12-19(16,17)10-4-3-8(11)5-9(10)13(14)15/h3-5,7,12H,6H2,1-2H3. The van der Waals surface area contributed by atoms with Crippen molar-refractivity contribution in [3.8, 4) is 0 Å². The average molecular weight is 292 g/mol. The maximum absolute atomic E-state index is 12.9. The Morgan fingerprint density at radius 3 is 2.68 bits per heavy atom. The minimum atomic E-state index is -4.10. The summed E-state index contributed by atoms with van der Waals surface area (Å²) in [6, 6.07) is 2.27. The zero-order chi connectivity index (χ0) is 14.6. The largest absolute Gasteiger partial charge is 0.380 e. The van der Waals surface area contributed by atoms with Crippen molar-refractivity contribution in [1.82, 2.24) is 4.72 Å². The number of hydrogen-bond acceptors (Lipinski definition) is 5. The molecule has 0 aliphatic heterocycles. The number of nitro benzene ring substituents is 1. The van der Waals surface area contributed by atoms with Gasteiger partial charge >= 0.3 is 0 Å². The van der Waals surface area contributed by atoms with Crippen LogP contribution in [0.25, 0.3) is 0 Å². The lowest BCUT2D eigenvalue weighted by Gasteiger charge is -2.11. The summed E-state index contributed by atoms with van der Waals surface area (Å²) in [7, 11) is -2.69. The van der Waals surface area contributed by atoms with E-state index < -0.39 is 37.5 Å². The number of benzene rings is 1. The Labute approximate surface area is 109 Å². The second-order valence-electron chi connectivity index (χ2n) is 3.77. The maximum atomic E-state index is 12.9. The molecule has 9 heteroatoms. The second kappa shape index (κ2) is 6.04. The Hall–Kier alpha value is -1.58. The van der Waals surface area contributed by atoms with Crippen LogP contribution in [-0.2, 0) is 14.8 Å². The molecule has 0 amide bonds. The van der Waals surface area contributed by atoms with E-state index in [1.165, 1.54) is 7.11 Å². The van der Waals surface area contributed by atoms with E-state index in [0.717, 1.165) is 12.1 Å². The van der Waals surface area contributed by atoms with E-state index in [-0.39, 0.29) is 6.54 Å². The lowest BCUT2D eigenvalue weighted by molar-refractivity contribution is -0.388. The molecular weight excluding hydrogens is 279 g/mol. The van der Waals surface area contributed by atoms with E-state index in [1.807, 2.05) is 0 Å². The van der Waals surface area contributed by atoms with Crippen LogP contribution in [-0.4, -0.2) is 33.1 Å². The fourth-order valence-electron chi connectivity index (χ4n) is 1.25. The van der Waals surface area contributed by atoms with Crippen LogP contribution in [0, 0.1) is 15.9 Å². The molecule has 19 heavy (non-hydrogen) atoms. The third-order valence-electron chi connectivity index (χ3n) is 2.37. The molecule has 0 fully saturated rings. The number of nitro groups is 1. The molecule has 1 aromatic carbocycles. The number of methoxy groups -OCH3 is 1. The summed E-state index contributed by atoms with van der Waals surface area (Å²) in [5.74, 6) is -0.879. The van der Waals surface area contributed by atoms with Gasteiger partial charge in [0, 0.05) is 13.7 Å². The zero-order valence-corrected chi connectivity index (χ0v) is 11.1. The fraction of sp³-hybridized carbons (Fsp3) is 0.400. The SMILES string of the molecule is COC(C)CNS(=O)(=O)c1ccc(F)cc1[N+](=O)[O-]. The highest BCUT2D eigenvalue weighted by Crippen LogP contribution is 2.24. The van der Waals surface area contributed by atoms with Gasteiger partial charge in [0.15, 0.2) is 4.90 Å². The third kappa shape index (κ3) is 3.94. The first-order valence-corrected chi connectivity index (χ1v) is 6.72. The molecule has 0 heterocycles. The number of nitrogens with zero attached hydrogens (tertiary/aromatic N) is 1. The predicted octanol–water partition coefficient (Wildman–Crippen LogP) is 1.05. The molecule has 1 rings (SSSR count). The average Bonchev–Trinajstić information content (AvgIpc) is 2.35. The summed E-state index contributed by atoms with van der Waals surface area (Å²) in [6.45, 7) is 1.58. The van der Waals surface area contributed by atoms with Crippen molar-refractivity contribution >= 4 is 15.7 Å². The van der Waals surface area contributed by atoms with Gasteiger partial charge in [0.05, 0.1) is 17.1 Å². The number of hydrogen-bond donors (Lipinski definition) is 1. The van der Waals surface area contributed by atoms with Crippen LogP contribution in [0.15, 0.2) is 23.1 Å². The van der Waals surface area contributed by atoms with E-state index in [4.69, 9.17) is 4.74 Å². The number of nitrogens with one attached hydrogen (secondary N) is 1. The topological polar surface area (TPSA) is 98.5 Å². The Bertz CT molecular complexity index is 575. The van der Waals surface area contributed by atoms with Gasteiger partial charge < -0.3 is 4.74 Å². The number of ether oxygens (including phenoxy) is 1. The van der Waals surface area contributed by atoms with Crippen molar-refractivity contribution in [2.75, 3.05) is 13.7 Å². The van der Waals surface area contributed by atoms with Gasteiger partial charge in [0.25, 0.3) is 5.69 Å². The van der Waals surface area contributed by atoms with E-state index in [2.05, 4.69) is 4.72 Å². The molecule has 1 unspecified atom stereocenters. The zero-order valence-electron chi connectivity index (χ0n) is 10.3. The summed E-state index contributed by atoms with van der Waals surface area (Å²) in [4.78, 5) is 9.21. The third-order valence-corrected chi connectivity index (χ3v) is 3.84. The van der Waals surface area contributed by atoms with Gasteiger partial charge in [-0.2, -0.15) is 0 Å². The van der Waals surface area contributed by atoms with Gasteiger partial charge in [-0.1, -0.05) is 0 Å². The van der Waals surface area contributed by atoms with Crippen LogP contribution in [0.3, 0.4) is 0 Å². The Morgan fingerprint density at radius 1 is 1.53 bits per heavy atom. The molecule has 0 radical (unpaired) electrons. The van der Waals surface area contributed by atoms with Crippen molar-refractivity contribution in [2.45, 2.75) is 17.9 Å². The molecule has 0 saturated carbocycles. The van der Waals surface area contributed by atoms with Gasteiger partial charge in [-0.05, 0) is 19.1 Å². The van der Waals surface area contributed by atoms with Crippen LogP contribution in [0.5, 0.6) is 0 Å². The Morgan fingerprint density at radius 2 is 2.16 bits per heavy atom. The van der Waals surface area contributed by atoms with Crippen LogP contribution in [0.1, 0.15) is 6.92 Å². The van der Waals surface area contributed by atoms with Crippen molar-refractivity contribution in [3.63, 3.8) is 0 Å². The van der Waals surface area contributed by atoms with Gasteiger partial charge in [0.1, 0.15) is 5.82 Å². The van der Waals surface area contributed by atoms with Crippen molar-refractivity contribution in [1.29, 1.82) is 0 Å². The smallest absolute Gasteiger partial charge is 0.292 e. The quantitative estimate of drug-likeness (QED) is 0.624. The summed E-state index contributed by atoms with van der Waals surface area (Å²) in [5.41, 5.74) is -0.808. The fourth-order valence-corrected chi connectivity index (χ4v) is 2.51. The first-order valence-electron chi connectivity index (χ1n) is 5.24. The van der Waals surface area contributed by atoms with E-state index in [9.17, 15) is 22.9 Å². The molecule has 0 aliphatic carbocycles. The van der Waals surface area contributed by atoms with Crippen molar-refractivity contribution in [3.05, 3.63) is 34.1 Å². The molecular formula is C10H13FN2O5S. The van der Waals surface area contributed by atoms with Crippen LogP contribution < -0.4 is 4.72 Å². The van der Waals surface area contributed by atoms with Crippen LogP contribution >= 0.6 is 0 Å². The molecule has 106 valence electrons. The minimum Gasteiger partial charge on any atom is -0.380 e. The summed E-state index contributed by atoms with van der Waals surface area (Å²) in [5, 5.41) is 10.7. The van der Waals surface area contributed by atoms with Gasteiger partial charge in [-0.3, -0.25) is 10.1 Å². The van der Waals surface area contributed by atoms with Gasteiger partial charge in [0.2, 0.25) is 10.0 Å². The lowest BCUT2D eigenvalue weighted by Crippen LogP contribution is -2.32. The summed E-state index contributed by atoms with van der Waals surface area (Å²) < 4.78 is 43.7. The molecule has 0 aliphatic rings. The molecule has 1 N–H and O–H groups in total. The highest BCUT2D eigenvalue weighted by atomic mass is 32.2. The monoisotopic (exact) mass is 292 g/mol. The van der Waals surface area contributed by atoms with E-state index in [1.54, 1.807) is 6.92 Å². The summed E-state index contributed by atoms with van der Waals surface area (Å²) in [6.07, 6.45) is -0.394. The number of sulfonamides is 1. The molecule has 7 nitrogen and oxygen atoms in total. The number of rotatable bonds is 6. The summed E-state index contributed by atoms with van der Waals surface area (Å²) >= 11 is 0. The molecule has 0 spiro atoms. The minimum absolute atomic E-state index is 0.0482. The molecule has 0 saturated heterocycles. The van der Waals surface area contributed by atoms with E-state index in [0.29, 0.717) is 6.07 Å². The Balaban J connectivity index is 3.11. The second-order valence-corrected chi connectivity index (χ2v) is 5.50.